The van der Waals surface area contributed by atoms with Gasteiger partial charge in [-0.05, 0) is 24.8 Å². The molecule has 0 spiro atoms. The van der Waals surface area contributed by atoms with Crippen molar-refractivity contribution in [2.45, 2.75) is 40.7 Å². The van der Waals surface area contributed by atoms with Crippen molar-refractivity contribution < 1.29 is 9.47 Å². The average Bonchev–Trinajstić information content (AvgIpc) is 2.48. The number of nitrogens with two attached hydrogens (primary N) is 1. The summed E-state index contributed by atoms with van der Waals surface area (Å²) in [5.41, 5.74) is 7.31. The van der Waals surface area contributed by atoms with Crippen LogP contribution in [0.1, 0.15) is 46.2 Å². The number of rotatable bonds is 10. The number of methoxy groups -OCH3 is 1. The minimum Gasteiger partial charge on any atom is -0.497 e. The monoisotopic (exact) mass is 322 g/mol. The van der Waals surface area contributed by atoms with Crippen LogP contribution in [0, 0.1) is 11.8 Å². The summed E-state index contributed by atoms with van der Waals surface area (Å²) in [4.78, 5) is 2.49. The topological polar surface area (TPSA) is 47.7 Å². The summed E-state index contributed by atoms with van der Waals surface area (Å²) in [6.45, 7) is 14.3. The highest BCUT2D eigenvalue weighted by atomic mass is 16.5. The molecule has 4 heteroatoms. The van der Waals surface area contributed by atoms with Crippen LogP contribution in [-0.2, 0) is 0 Å². The molecule has 1 atom stereocenters. The number of hydrogen-bond donors (Lipinski definition) is 1. The average molecular weight is 322 g/mol. The van der Waals surface area contributed by atoms with Gasteiger partial charge < -0.3 is 15.2 Å². The lowest BCUT2D eigenvalue weighted by molar-refractivity contribution is 0.156. The van der Waals surface area contributed by atoms with Crippen molar-refractivity contribution in [3.05, 3.63) is 23.8 Å². The predicted octanol–water partition coefficient (Wildman–Crippen LogP) is 3.71. The highest BCUT2D eigenvalue weighted by Gasteiger charge is 2.24. The van der Waals surface area contributed by atoms with Crippen molar-refractivity contribution >= 4 is 0 Å². The zero-order chi connectivity index (χ0) is 17.4. The van der Waals surface area contributed by atoms with E-state index in [4.69, 9.17) is 15.2 Å². The number of ether oxygens (including phenoxy) is 2. The molecule has 4 nitrogen and oxygen atoms in total. The molecule has 0 radical (unpaired) electrons. The van der Waals surface area contributed by atoms with E-state index in [9.17, 15) is 0 Å². The fourth-order valence-corrected chi connectivity index (χ4v) is 2.94. The maximum atomic E-state index is 6.16. The quantitative estimate of drug-likeness (QED) is 0.713. The minimum absolute atomic E-state index is 0.159. The van der Waals surface area contributed by atoms with Gasteiger partial charge >= 0.3 is 0 Å². The summed E-state index contributed by atoms with van der Waals surface area (Å²) in [5, 5.41) is 0. The summed E-state index contributed by atoms with van der Waals surface area (Å²) in [7, 11) is 1.68. The minimum atomic E-state index is 0.159. The lowest BCUT2D eigenvalue weighted by Crippen LogP contribution is -2.38. The van der Waals surface area contributed by atoms with Crippen LogP contribution in [0.4, 0.5) is 0 Å². The highest BCUT2D eigenvalue weighted by molar-refractivity contribution is 5.42. The van der Waals surface area contributed by atoms with E-state index in [2.05, 4.69) is 38.7 Å². The highest BCUT2D eigenvalue weighted by Crippen LogP contribution is 2.33. The molecule has 0 amide bonds. The van der Waals surface area contributed by atoms with Gasteiger partial charge in [0.15, 0.2) is 0 Å². The van der Waals surface area contributed by atoms with Gasteiger partial charge in [0.25, 0.3) is 0 Å². The van der Waals surface area contributed by atoms with Gasteiger partial charge in [0, 0.05) is 31.3 Å². The molecule has 1 aromatic carbocycles. The van der Waals surface area contributed by atoms with Gasteiger partial charge in [-0.1, -0.05) is 33.8 Å². The van der Waals surface area contributed by atoms with E-state index in [0.717, 1.165) is 30.2 Å². The Labute approximate surface area is 142 Å². The van der Waals surface area contributed by atoms with Crippen molar-refractivity contribution in [3.63, 3.8) is 0 Å². The fourth-order valence-electron chi connectivity index (χ4n) is 2.94. The van der Waals surface area contributed by atoms with Crippen LogP contribution in [0.15, 0.2) is 18.2 Å². The standard InChI is InChI=1S/C19H34N2O2/c1-7-23-19-10-16(22-6)8-9-17(19)18(11-20)21(12-14(2)3)13-15(4)5/h8-10,14-15,18H,7,11-13,20H2,1-6H3. The fraction of sp³-hybridized carbons (Fsp3) is 0.684. The van der Waals surface area contributed by atoms with Crippen molar-refractivity contribution in [1.82, 2.24) is 4.90 Å². The first-order valence-corrected chi connectivity index (χ1v) is 8.67. The molecule has 0 saturated carbocycles. The van der Waals surface area contributed by atoms with Crippen LogP contribution in [-0.4, -0.2) is 38.3 Å². The first-order chi connectivity index (χ1) is 10.9. The molecule has 0 aromatic heterocycles. The molecule has 132 valence electrons. The number of benzene rings is 1. The predicted molar refractivity (Wildman–Crippen MR) is 97.2 cm³/mol. The van der Waals surface area contributed by atoms with Crippen LogP contribution in [0.3, 0.4) is 0 Å². The van der Waals surface area contributed by atoms with Gasteiger partial charge in [0.1, 0.15) is 11.5 Å². The molecule has 1 rings (SSSR count). The summed E-state index contributed by atoms with van der Waals surface area (Å²) < 4.78 is 11.2. The van der Waals surface area contributed by atoms with Gasteiger partial charge in [-0.3, -0.25) is 4.90 Å². The smallest absolute Gasteiger partial charge is 0.127 e. The second-order valence-electron chi connectivity index (χ2n) is 6.83. The molecule has 0 aliphatic rings. The summed E-state index contributed by atoms with van der Waals surface area (Å²) in [5.74, 6) is 2.88. The van der Waals surface area contributed by atoms with E-state index in [-0.39, 0.29) is 6.04 Å². The van der Waals surface area contributed by atoms with Gasteiger partial charge in [-0.15, -0.1) is 0 Å². The maximum Gasteiger partial charge on any atom is 0.127 e. The molecular weight excluding hydrogens is 288 g/mol. The zero-order valence-corrected chi connectivity index (χ0v) is 15.6. The van der Waals surface area contributed by atoms with Crippen LogP contribution >= 0.6 is 0 Å². The Balaban J connectivity index is 3.18. The second kappa shape index (κ2) is 9.78. The van der Waals surface area contributed by atoms with Crippen LogP contribution in [0.25, 0.3) is 0 Å². The second-order valence-corrected chi connectivity index (χ2v) is 6.83. The third-order valence-corrected chi connectivity index (χ3v) is 3.74. The van der Waals surface area contributed by atoms with Gasteiger partial charge in [-0.25, -0.2) is 0 Å². The Bertz CT molecular complexity index is 451. The van der Waals surface area contributed by atoms with Gasteiger partial charge in [0.2, 0.25) is 0 Å². The molecule has 0 aliphatic heterocycles. The third-order valence-electron chi connectivity index (χ3n) is 3.74. The molecule has 1 aromatic rings. The Morgan fingerprint density at radius 3 is 2.13 bits per heavy atom. The number of hydrogen-bond acceptors (Lipinski definition) is 4. The SMILES string of the molecule is CCOc1cc(OC)ccc1C(CN)N(CC(C)C)CC(C)C. The Hall–Kier alpha value is -1.26. The summed E-state index contributed by atoms with van der Waals surface area (Å²) >= 11 is 0. The summed E-state index contributed by atoms with van der Waals surface area (Å²) in [6.07, 6.45) is 0. The first-order valence-electron chi connectivity index (χ1n) is 8.67. The lowest BCUT2D eigenvalue weighted by Gasteiger charge is -2.34. The Morgan fingerprint density at radius 2 is 1.70 bits per heavy atom. The molecule has 1 unspecified atom stereocenters. The molecule has 0 heterocycles. The molecule has 0 aliphatic carbocycles. The van der Waals surface area contributed by atoms with E-state index < -0.39 is 0 Å². The van der Waals surface area contributed by atoms with Crippen molar-refractivity contribution in [2.75, 3.05) is 33.4 Å². The van der Waals surface area contributed by atoms with Crippen LogP contribution < -0.4 is 15.2 Å². The van der Waals surface area contributed by atoms with E-state index in [1.807, 2.05) is 19.1 Å². The number of nitrogens with zero attached hydrogens (tertiary/aromatic N) is 1. The van der Waals surface area contributed by atoms with Crippen LogP contribution in [0.2, 0.25) is 0 Å². The third kappa shape index (κ3) is 6.04. The first kappa shape index (κ1) is 19.8. The maximum absolute atomic E-state index is 6.16. The Kier molecular flexibility index (Phi) is 8.42. The van der Waals surface area contributed by atoms with Crippen molar-refractivity contribution in [3.8, 4) is 11.5 Å². The largest absolute Gasteiger partial charge is 0.497 e. The molecule has 0 fully saturated rings. The molecule has 0 bridgehead atoms. The normalized spacial score (nSPS) is 13.0. The van der Waals surface area contributed by atoms with E-state index in [1.54, 1.807) is 7.11 Å². The summed E-state index contributed by atoms with van der Waals surface area (Å²) in [6, 6.07) is 6.20. The molecule has 0 saturated heterocycles. The van der Waals surface area contributed by atoms with Gasteiger partial charge in [-0.2, -0.15) is 0 Å². The molecule has 2 N–H and O–H groups in total. The molecule has 23 heavy (non-hydrogen) atoms. The van der Waals surface area contributed by atoms with Gasteiger partial charge in [0.05, 0.1) is 19.8 Å². The van der Waals surface area contributed by atoms with E-state index in [1.165, 1.54) is 0 Å². The van der Waals surface area contributed by atoms with Crippen molar-refractivity contribution in [2.24, 2.45) is 17.6 Å². The van der Waals surface area contributed by atoms with E-state index >= 15 is 0 Å². The van der Waals surface area contributed by atoms with Crippen molar-refractivity contribution in [1.29, 1.82) is 0 Å². The Morgan fingerprint density at radius 1 is 1.09 bits per heavy atom. The van der Waals surface area contributed by atoms with E-state index in [0.29, 0.717) is 25.0 Å². The lowest BCUT2D eigenvalue weighted by atomic mass is 10.0. The zero-order valence-electron chi connectivity index (χ0n) is 15.6. The van der Waals surface area contributed by atoms with Crippen LogP contribution in [0.5, 0.6) is 11.5 Å². The molecular formula is C19H34N2O2.